The Morgan fingerprint density at radius 1 is 1.41 bits per heavy atom. The molecular weight excluding hydrogens is 246 g/mol. The van der Waals surface area contributed by atoms with Crippen LogP contribution in [-0.2, 0) is 19.6 Å². The summed E-state index contributed by atoms with van der Waals surface area (Å²) in [6, 6.07) is 0. The number of esters is 1. The summed E-state index contributed by atoms with van der Waals surface area (Å²) < 4.78 is 29.8. The number of carbonyl (C=O) groups excluding carboxylic acids is 1. The molecular formula is C10H19NO5S. The maximum absolute atomic E-state index is 11.5. The second kappa shape index (κ2) is 5.79. The molecule has 0 unspecified atom stereocenters. The van der Waals surface area contributed by atoms with Gasteiger partial charge in [-0.25, -0.2) is 13.1 Å². The first-order chi connectivity index (χ1) is 7.87. The Morgan fingerprint density at radius 2 is 2.00 bits per heavy atom. The fourth-order valence-corrected chi connectivity index (χ4v) is 2.85. The summed E-state index contributed by atoms with van der Waals surface area (Å²) in [6.07, 6.45) is 2.98. The quantitative estimate of drug-likeness (QED) is 0.647. The third-order valence-corrected chi connectivity index (χ3v) is 3.97. The lowest BCUT2D eigenvalue weighted by atomic mass is 10.0. The molecule has 1 fully saturated rings. The van der Waals surface area contributed by atoms with Crippen LogP contribution in [-0.4, -0.2) is 44.0 Å². The summed E-state index contributed by atoms with van der Waals surface area (Å²) in [5.41, 5.74) is -0.957. The largest absolute Gasteiger partial charge is 0.465 e. The van der Waals surface area contributed by atoms with E-state index in [2.05, 4.69) is 9.46 Å². The van der Waals surface area contributed by atoms with Gasteiger partial charge < -0.3 is 9.84 Å². The van der Waals surface area contributed by atoms with Crippen molar-refractivity contribution >= 4 is 16.0 Å². The maximum atomic E-state index is 11.5. The highest BCUT2D eigenvalue weighted by Gasteiger charge is 2.32. The highest BCUT2D eigenvalue weighted by atomic mass is 32.2. The van der Waals surface area contributed by atoms with Crippen molar-refractivity contribution in [3.63, 3.8) is 0 Å². The van der Waals surface area contributed by atoms with Crippen molar-refractivity contribution in [1.29, 1.82) is 0 Å². The first-order valence-electron chi connectivity index (χ1n) is 5.72. The third kappa shape index (κ3) is 5.01. The molecule has 2 N–H and O–H groups in total. The summed E-state index contributed by atoms with van der Waals surface area (Å²) in [6.45, 7) is 1.73. The Labute approximate surface area is 101 Å². The van der Waals surface area contributed by atoms with Crippen molar-refractivity contribution < 1.29 is 23.1 Å². The molecule has 0 atom stereocenters. The Bertz CT molecular complexity index is 359. The Balaban J connectivity index is 2.41. The number of hydrogen-bond acceptors (Lipinski definition) is 5. The van der Waals surface area contributed by atoms with Gasteiger partial charge in [-0.05, 0) is 19.8 Å². The van der Waals surface area contributed by atoms with Crippen LogP contribution < -0.4 is 4.72 Å². The molecule has 0 saturated heterocycles. The van der Waals surface area contributed by atoms with Gasteiger partial charge in [0.1, 0.15) is 0 Å². The van der Waals surface area contributed by atoms with Crippen LogP contribution in [0.25, 0.3) is 0 Å². The number of hydrogen-bond donors (Lipinski definition) is 2. The van der Waals surface area contributed by atoms with E-state index in [4.69, 9.17) is 0 Å². The summed E-state index contributed by atoms with van der Waals surface area (Å²) in [4.78, 5) is 11.0. The van der Waals surface area contributed by atoms with Crippen molar-refractivity contribution in [3.8, 4) is 0 Å². The summed E-state index contributed by atoms with van der Waals surface area (Å²) in [5, 5.41) is 9.95. The van der Waals surface area contributed by atoms with Crippen LogP contribution in [0.3, 0.4) is 0 Å². The van der Waals surface area contributed by atoms with Crippen molar-refractivity contribution in [2.75, 3.05) is 18.9 Å². The standard InChI is InChI=1S/C10H19NO5S/c1-2-16-9(12)7-17(14,15)11-8-10(13)5-3-4-6-10/h11,13H,2-8H2,1H3. The van der Waals surface area contributed by atoms with Crippen LogP contribution in [0.2, 0.25) is 0 Å². The van der Waals surface area contributed by atoms with E-state index in [1.54, 1.807) is 6.92 Å². The van der Waals surface area contributed by atoms with Gasteiger partial charge in [0.2, 0.25) is 10.0 Å². The number of ether oxygens (including phenoxy) is 1. The molecule has 0 radical (unpaired) electrons. The number of carbonyl (C=O) groups is 1. The first-order valence-corrected chi connectivity index (χ1v) is 7.37. The van der Waals surface area contributed by atoms with Gasteiger partial charge in [0.15, 0.2) is 5.75 Å². The van der Waals surface area contributed by atoms with Gasteiger partial charge in [0, 0.05) is 6.54 Å². The summed E-state index contributed by atoms with van der Waals surface area (Å²) in [7, 11) is -3.71. The molecule has 0 aromatic carbocycles. The predicted octanol–water partition coefficient (Wildman–Crippen LogP) is -0.226. The van der Waals surface area contributed by atoms with Crippen LogP contribution in [0.1, 0.15) is 32.6 Å². The Kier molecular flexibility index (Phi) is 4.91. The van der Waals surface area contributed by atoms with Gasteiger partial charge in [-0.1, -0.05) is 12.8 Å². The zero-order chi connectivity index (χ0) is 12.9. The topological polar surface area (TPSA) is 92.7 Å². The molecule has 0 aromatic rings. The van der Waals surface area contributed by atoms with E-state index >= 15 is 0 Å². The fraction of sp³-hybridized carbons (Fsp3) is 0.900. The van der Waals surface area contributed by atoms with E-state index in [1.807, 2.05) is 0 Å². The van der Waals surface area contributed by atoms with Crippen molar-refractivity contribution in [2.24, 2.45) is 0 Å². The zero-order valence-corrected chi connectivity index (χ0v) is 10.8. The number of nitrogens with one attached hydrogen (secondary N) is 1. The second-order valence-corrected chi connectivity index (χ2v) is 6.12. The maximum Gasteiger partial charge on any atom is 0.322 e. The molecule has 0 heterocycles. The van der Waals surface area contributed by atoms with Gasteiger partial charge in [-0.3, -0.25) is 4.79 Å². The van der Waals surface area contributed by atoms with E-state index in [0.29, 0.717) is 12.8 Å². The molecule has 1 saturated carbocycles. The van der Waals surface area contributed by atoms with Crippen LogP contribution in [0, 0.1) is 0 Å². The molecule has 0 amide bonds. The van der Waals surface area contributed by atoms with Crippen molar-refractivity contribution in [1.82, 2.24) is 4.72 Å². The molecule has 1 rings (SSSR count). The van der Waals surface area contributed by atoms with E-state index in [1.165, 1.54) is 0 Å². The highest BCUT2D eigenvalue weighted by molar-refractivity contribution is 7.90. The molecule has 0 spiro atoms. The third-order valence-electron chi connectivity index (χ3n) is 2.77. The molecule has 0 bridgehead atoms. The SMILES string of the molecule is CCOC(=O)CS(=O)(=O)NCC1(O)CCCC1. The highest BCUT2D eigenvalue weighted by Crippen LogP contribution is 2.28. The van der Waals surface area contributed by atoms with Gasteiger partial charge in [-0.2, -0.15) is 0 Å². The number of sulfonamides is 1. The lowest BCUT2D eigenvalue weighted by molar-refractivity contribution is -0.139. The van der Waals surface area contributed by atoms with Gasteiger partial charge in [0.25, 0.3) is 0 Å². The van der Waals surface area contributed by atoms with Gasteiger partial charge in [0.05, 0.1) is 12.2 Å². The lowest BCUT2D eigenvalue weighted by Gasteiger charge is -2.22. The second-order valence-electron chi connectivity index (χ2n) is 4.32. The molecule has 1 aliphatic rings. The lowest BCUT2D eigenvalue weighted by Crippen LogP contribution is -2.42. The van der Waals surface area contributed by atoms with E-state index in [0.717, 1.165) is 12.8 Å². The average molecular weight is 265 g/mol. The Hall–Kier alpha value is -0.660. The normalized spacial score (nSPS) is 19.2. The van der Waals surface area contributed by atoms with Crippen LogP contribution in [0.4, 0.5) is 0 Å². The number of rotatable bonds is 6. The summed E-state index contributed by atoms with van der Waals surface area (Å²) >= 11 is 0. The van der Waals surface area contributed by atoms with Crippen LogP contribution >= 0.6 is 0 Å². The van der Waals surface area contributed by atoms with Crippen LogP contribution in [0.15, 0.2) is 0 Å². The minimum absolute atomic E-state index is 0.0330. The van der Waals surface area contributed by atoms with Gasteiger partial charge in [-0.15, -0.1) is 0 Å². The van der Waals surface area contributed by atoms with E-state index < -0.39 is 27.3 Å². The number of aliphatic hydroxyl groups is 1. The minimum atomic E-state index is -3.71. The molecule has 0 aliphatic heterocycles. The fourth-order valence-electron chi connectivity index (χ4n) is 1.86. The molecule has 100 valence electrons. The Morgan fingerprint density at radius 3 is 2.53 bits per heavy atom. The smallest absolute Gasteiger partial charge is 0.322 e. The molecule has 1 aliphatic carbocycles. The van der Waals surface area contributed by atoms with E-state index in [-0.39, 0.29) is 13.2 Å². The molecule has 7 heteroatoms. The minimum Gasteiger partial charge on any atom is -0.465 e. The van der Waals surface area contributed by atoms with E-state index in [9.17, 15) is 18.3 Å². The molecule has 0 aromatic heterocycles. The monoisotopic (exact) mass is 265 g/mol. The summed E-state index contributed by atoms with van der Waals surface area (Å²) in [5.74, 6) is -1.48. The zero-order valence-electron chi connectivity index (χ0n) is 9.94. The first kappa shape index (κ1) is 14.4. The van der Waals surface area contributed by atoms with Gasteiger partial charge >= 0.3 is 5.97 Å². The average Bonchev–Trinajstić information content (AvgIpc) is 2.63. The van der Waals surface area contributed by atoms with Crippen molar-refractivity contribution in [3.05, 3.63) is 0 Å². The van der Waals surface area contributed by atoms with Crippen molar-refractivity contribution in [2.45, 2.75) is 38.2 Å². The predicted molar refractivity (Wildman–Crippen MR) is 61.8 cm³/mol. The molecule has 17 heavy (non-hydrogen) atoms. The van der Waals surface area contributed by atoms with Crippen LogP contribution in [0.5, 0.6) is 0 Å². The molecule has 6 nitrogen and oxygen atoms in total.